The minimum Gasteiger partial charge on any atom is -0.497 e. The van der Waals surface area contributed by atoms with Crippen molar-refractivity contribution in [3.8, 4) is 11.5 Å². The molecule has 0 bridgehead atoms. The SMILES string of the molecule is COc1ccc2nc3cc(Cl)ccc3c(NCCCN(CCCNc3c4ccc(Cl)cc4nc4ccc(OC)cc34)Cc3ccco3)c2c1. The van der Waals surface area contributed by atoms with Gasteiger partial charge in [-0.1, -0.05) is 23.2 Å². The van der Waals surface area contributed by atoms with Gasteiger partial charge in [-0.2, -0.15) is 0 Å². The highest BCUT2D eigenvalue weighted by Crippen LogP contribution is 2.35. The summed E-state index contributed by atoms with van der Waals surface area (Å²) in [6, 6.07) is 27.6. The Bertz CT molecular complexity index is 2100. The lowest BCUT2D eigenvalue weighted by atomic mass is 10.1. The number of halogens is 2. The lowest BCUT2D eigenvalue weighted by Crippen LogP contribution is -2.28. The van der Waals surface area contributed by atoms with Crippen LogP contribution in [0.15, 0.2) is 95.6 Å². The Kier molecular flexibility index (Phi) is 9.89. The molecule has 0 aliphatic heterocycles. The van der Waals surface area contributed by atoms with Crippen molar-refractivity contribution in [2.75, 3.05) is 51.0 Å². The third-order valence-corrected chi connectivity index (χ3v) is 9.22. The van der Waals surface area contributed by atoms with Crippen LogP contribution in [0.4, 0.5) is 11.4 Å². The van der Waals surface area contributed by atoms with Crippen molar-refractivity contribution in [2.24, 2.45) is 0 Å². The summed E-state index contributed by atoms with van der Waals surface area (Å²) in [5.41, 5.74) is 5.56. The number of hydrogen-bond acceptors (Lipinski definition) is 8. The number of nitrogens with one attached hydrogen (secondary N) is 2. The maximum Gasteiger partial charge on any atom is 0.119 e. The van der Waals surface area contributed by atoms with Gasteiger partial charge in [-0.05, 0) is 97.8 Å². The highest BCUT2D eigenvalue weighted by atomic mass is 35.5. The number of rotatable bonds is 14. The van der Waals surface area contributed by atoms with Crippen LogP contribution in [-0.2, 0) is 6.54 Å². The molecule has 0 unspecified atom stereocenters. The predicted octanol–water partition coefficient (Wildman–Crippen LogP) is 9.81. The quantitative estimate of drug-likeness (QED) is 0.0860. The number of fused-ring (bicyclic) bond motifs is 4. The topological polar surface area (TPSA) is 84.7 Å². The summed E-state index contributed by atoms with van der Waals surface area (Å²) in [5.74, 6) is 2.53. The van der Waals surface area contributed by atoms with Gasteiger partial charge in [0.15, 0.2) is 0 Å². The molecule has 3 heterocycles. The zero-order valence-electron chi connectivity index (χ0n) is 27.4. The second-order valence-electron chi connectivity index (χ2n) is 12.0. The molecule has 8 nitrogen and oxygen atoms in total. The van der Waals surface area contributed by atoms with E-state index in [4.69, 9.17) is 47.1 Å². The number of furan rings is 1. The van der Waals surface area contributed by atoms with Crippen LogP contribution in [0.1, 0.15) is 18.6 Å². The Labute approximate surface area is 294 Å². The zero-order valence-corrected chi connectivity index (χ0v) is 28.9. The van der Waals surface area contributed by atoms with Gasteiger partial charge < -0.3 is 24.5 Å². The van der Waals surface area contributed by atoms with Crippen LogP contribution in [0.3, 0.4) is 0 Å². The highest BCUT2D eigenvalue weighted by Gasteiger charge is 2.14. The van der Waals surface area contributed by atoms with Gasteiger partial charge in [0, 0.05) is 57.8 Å². The van der Waals surface area contributed by atoms with E-state index < -0.39 is 0 Å². The van der Waals surface area contributed by atoms with Crippen molar-refractivity contribution >= 4 is 78.2 Å². The van der Waals surface area contributed by atoms with Crippen LogP contribution in [0.25, 0.3) is 43.6 Å². The van der Waals surface area contributed by atoms with Crippen molar-refractivity contribution in [3.05, 3.63) is 107 Å². The molecule has 2 N–H and O–H groups in total. The molecule has 0 aliphatic carbocycles. The summed E-state index contributed by atoms with van der Waals surface area (Å²) in [7, 11) is 3.36. The Morgan fingerprint density at radius 1 is 0.633 bits per heavy atom. The normalized spacial score (nSPS) is 11.6. The van der Waals surface area contributed by atoms with Gasteiger partial charge in [0.25, 0.3) is 0 Å². The number of pyridine rings is 2. The predicted molar refractivity (Wildman–Crippen MR) is 202 cm³/mol. The molecule has 0 atom stereocenters. The number of benzene rings is 4. The molecule has 250 valence electrons. The maximum atomic E-state index is 6.34. The summed E-state index contributed by atoms with van der Waals surface area (Å²) in [4.78, 5) is 12.2. The Morgan fingerprint density at radius 3 is 1.63 bits per heavy atom. The zero-order chi connectivity index (χ0) is 33.7. The first-order valence-corrected chi connectivity index (χ1v) is 17.1. The van der Waals surface area contributed by atoms with E-state index in [1.54, 1.807) is 20.5 Å². The van der Waals surface area contributed by atoms with E-state index in [0.29, 0.717) is 10.0 Å². The van der Waals surface area contributed by atoms with Crippen LogP contribution in [0.2, 0.25) is 10.0 Å². The van der Waals surface area contributed by atoms with Crippen molar-refractivity contribution < 1.29 is 13.9 Å². The number of aromatic nitrogens is 2. The van der Waals surface area contributed by atoms with Gasteiger partial charge in [0.2, 0.25) is 0 Å². The second kappa shape index (κ2) is 14.8. The molecule has 0 fully saturated rings. The first-order valence-electron chi connectivity index (χ1n) is 16.4. The smallest absolute Gasteiger partial charge is 0.119 e. The molecular formula is C39H37Cl2N5O3. The van der Waals surface area contributed by atoms with Crippen molar-refractivity contribution in [3.63, 3.8) is 0 Å². The van der Waals surface area contributed by atoms with Gasteiger partial charge in [-0.3, -0.25) is 4.90 Å². The molecule has 4 aromatic carbocycles. The Morgan fingerprint density at radius 2 is 1.16 bits per heavy atom. The molecule has 0 aliphatic rings. The van der Waals surface area contributed by atoms with Crippen LogP contribution >= 0.6 is 23.2 Å². The van der Waals surface area contributed by atoms with Gasteiger partial charge in [0.05, 0.1) is 60.5 Å². The number of nitrogens with zero attached hydrogens (tertiary/aromatic N) is 3. The molecule has 10 heteroatoms. The maximum absolute atomic E-state index is 6.34. The van der Waals surface area contributed by atoms with Gasteiger partial charge in [-0.15, -0.1) is 0 Å². The van der Waals surface area contributed by atoms with Crippen molar-refractivity contribution in [1.29, 1.82) is 0 Å². The van der Waals surface area contributed by atoms with Crippen LogP contribution < -0.4 is 20.1 Å². The van der Waals surface area contributed by atoms with Crippen LogP contribution in [0.5, 0.6) is 11.5 Å². The summed E-state index contributed by atoms with van der Waals surface area (Å²) >= 11 is 12.7. The average molecular weight is 695 g/mol. The van der Waals surface area contributed by atoms with E-state index in [9.17, 15) is 0 Å². The van der Waals surface area contributed by atoms with E-state index in [-0.39, 0.29) is 0 Å². The van der Waals surface area contributed by atoms with E-state index in [1.165, 1.54) is 0 Å². The molecule has 49 heavy (non-hydrogen) atoms. The van der Waals surface area contributed by atoms with E-state index in [1.807, 2.05) is 84.9 Å². The number of anilines is 2. The molecule has 0 amide bonds. The Hall–Kier alpha value is -4.76. The Balaban J connectivity index is 1.05. The summed E-state index contributed by atoms with van der Waals surface area (Å²) < 4.78 is 16.8. The highest BCUT2D eigenvalue weighted by molar-refractivity contribution is 6.32. The standard InChI is InChI=1S/C39H37Cl2N5O3/c1-47-27-9-13-34-32(22-27)38(30-11-7-25(40)20-36(30)44-34)42-15-4-17-46(24-29-6-3-19-49-29)18-5-16-43-39-31-12-8-26(41)21-37(31)45-35-14-10-28(48-2)23-33(35)39/h3,6-14,19-23H,4-5,15-18,24H2,1-2H3,(H,42,44)(H,43,45). The molecule has 0 spiro atoms. The van der Waals surface area contributed by atoms with Gasteiger partial charge in [0.1, 0.15) is 17.3 Å². The summed E-state index contributed by atoms with van der Waals surface area (Å²) in [6.07, 6.45) is 3.59. The lowest BCUT2D eigenvalue weighted by molar-refractivity contribution is 0.242. The first-order chi connectivity index (χ1) is 24.0. The molecule has 3 aromatic heterocycles. The van der Waals surface area contributed by atoms with Crippen molar-refractivity contribution in [1.82, 2.24) is 14.9 Å². The molecular weight excluding hydrogens is 657 g/mol. The van der Waals surface area contributed by atoms with Crippen LogP contribution in [0, 0.1) is 0 Å². The summed E-state index contributed by atoms with van der Waals surface area (Å²) in [5, 5.41) is 12.9. The second-order valence-corrected chi connectivity index (χ2v) is 12.9. The molecule has 0 radical (unpaired) electrons. The van der Waals surface area contributed by atoms with Gasteiger partial charge >= 0.3 is 0 Å². The minimum atomic E-state index is 0.663. The average Bonchev–Trinajstić information content (AvgIpc) is 3.63. The molecule has 7 aromatic rings. The third-order valence-electron chi connectivity index (χ3n) is 8.75. The van der Waals surface area contributed by atoms with E-state index in [2.05, 4.69) is 15.5 Å². The number of methoxy groups -OCH3 is 2. The lowest BCUT2D eigenvalue weighted by Gasteiger charge is -2.22. The monoisotopic (exact) mass is 693 g/mol. The van der Waals surface area contributed by atoms with E-state index in [0.717, 1.165) is 118 Å². The fourth-order valence-electron chi connectivity index (χ4n) is 6.35. The van der Waals surface area contributed by atoms with E-state index >= 15 is 0 Å². The molecule has 7 rings (SSSR count). The molecule has 0 saturated heterocycles. The largest absolute Gasteiger partial charge is 0.497 e. The number of hydrogen-bond donors (Lipinski definition) is 2. The minimum absolute atomic E-state index is 0.663. The summed E-state index contributed by atoms with van der Waals surface area (Å²) in [6.45, 7) is 4.07. The fraction of sp³-hybridized carbons (Fsp3) is 0.231. The van der Waals surface area contributed by atoms with Gasteiger partial charge in [-0.25, -0.2) is 9.97 Å². The molecule has 0 saturated carbocycles. The van der Waals surface area contributed by atoms with Crippen LogP contribution in [-0.4, -0.2) is 55.3 Å². The first kappa shape index (κ1) is 32.8. The number of ether oxygens (including phenoxy) is 2. The third kappa shape index (κ3) is 7.32. The van der Waals surface area contributed by atoms with Crippen molar-refractivity contribution in [2.45, 2.75) is 19.4 Å². The fourth-order valence-corrected chi connectivity index (χ4v) is 6.69.